The summed E-state index contributed by atoms with van der Waals surface area (Å²) in [5.74, 6) is 0.668. The van der Waals surface area contributed by atoms with Gasteiger partial charge in [0.25, 0.3) is 0 Å². The third-order valence-corrected chi connectivity index (χ3v) is 4.87. The molecule has 1 aromatic heterocycles. The third-order valence-electron chi connectivity index (χ3n) is 3.09. The summed E-state index contributed by atoms with van der Waals surface area (Å²) in [6.45, 7) is 7.15. The van der Waals surface area contributed by atoms with Crippen molar-refractivity contribution in [3.05, 3.63) is 45.4 Å². The number of nitrogens with one attached hydrogen (secondary N) is 1. The third kappa shape index (κ3) is 5.09. The summed E-state index contributed by atoms with van der Waals surface area (Å²) in [7, 11) is 2.09. The molecule has 1 heterocycles. The van der Waals surface area contributed by atoms with E-state index in [-0.39, 0.29) is 0 Å². The van der Waals surface area contributed by atoms with Crippen molar-refractivity contribution in [2.75, 3.05) is 18.5 Å². The lowest BCUT2D eigenvalue weighted by molar-refractivity contribution is 0.549. The van der Waals surface area contributed by atoms with Gasteiger partial charge in [-0.15, -0.1) is 11.3 Å². The van der Waals surface area contributed by atoms with Crippen LogP contribution in [0.1, 0.15) is 25.1 Å². The van der Waals surface area contributed by atoms with Crippen molar-refractivity contribution in [2.45, 2.75) is 26.9 Å². The van der Waals surface area contributed by atoms with Gasteiger partial charge in [0.15, 0.2) is 5.13 Å². The van der Waals surface area contributed by atoms with Crippen LogP contribution in [0.5, 0.6) is 0 Å². The van der Waals surface area contributed by atoms with Crippen LogP contribution in [0.25, 0.3) is 0 Å². The van der Waals surface area contributed by atoms with E-state index in [0.717, 1.165) is 34.9 Å². The lowest BCUT2D eigenvalue weighted by Crippen LogP contribution is -2.20. The molecule has 0 aliphatic carbocycles. The molecule has 0 atom stereocenters. The highest BCUT2D eigenvalue weighted by Gasteiger charge is 2.09. The first-order chi connectivity index (χ1) is 10.1. The molecule has 1 N–H and O–H groups in total. The van der Waals surface area contributed by atoms with Crippen molar-refractivity contribution in [3.8, 4) is 0 Å². The predicted octanol–water partition coefficient (Wildman–Crippen LogP) is 4.29. The van der Waals surface area contributed by atoms with Crippen LogP contribution in [0.3, 0.4) is 0 Å². The van der Waals surface area contributed by atoms with Crippen molar-refractivity contribution in [2.24, 2.45) is 5.92 Å². The van der Waals surface area contributed by atoms with Gasteiger partial charge in [0.05, 0.1) is 5.69 Å². The SMILES string of the molecule is CC(C)CNCc1csc(N(C)Cc2ccccc2Br)n1. The van der Waals surface area contributed by atoms with Gasteiger partial charge >= 0.3 is 0 Å². The summed E-state index contributed by atoms with van der Waals surface area (Å²) < 4.78 is 1.15. The summed E-state index contributed by atoms with van der Waals surface area (Å²) in [5, 5.41) is 6.63. The molecule has 21 heavy (non-hydrogen) atoms. The molecule has 0 radical (unpaired) electrons. The quantitative estimate of drug-likeness (QED) is 0.790. The Balaban J connectivity index is 1.93. The molecule has 0 fully saturated rings. The van der Waals surface area contributed by atoms with Crippen LogP contribution in [0, 0.1) is 5.92 Å². The standard InChI is InChI=1S/C16H22BrN3S/c1-12(2)8-18-9-14-11-21-16(19-14)20(3)10-13-6-4-5-7-15(13)17/h4-7,11-12,18H,8-10H2,1-3H3. The molecule has 2 aromatic rings. The molecule has 2 rings (SSSR count). The Bertz CT molecular complexity index is 568. The fraction of sp³-hybridized carbons (Fsp3) is 0.438. The van der Waals surface area contributed by atoms with E-state index < -0.39 is 0 Å². The van der Waals surface area contributed by atoms with Crippen molar-refractivity contribution in [1.29, 1.82) is 0 Å². The number of benzene rings is 1. The highest BCUT2D eigenvalue weighted by molar-refractivity contribution is 9.10. The summed E-state index contributed by atoms with van der Waals surface area (Å²) >= 11 is 5.30. The number of rotatable bonds is 7. The van der Waals surface area contributed by atoms with E-state index in [1.165, 1.54) is 5.56 Å². The second-order valence-electron chi connectivity index (χ2n) is 5.59. The Kier molecular flexibility index (Phi) is 6.21. The van der Waals surface area contributed by atoms with Crippen molar-refractivity contribution >= 4 is 32.4 Å². The first-order valence-electron chi connectivity index (χ1n) is 7.16. The monoisotopic (exact) mass is 367 g/mol. The minimum atomic E-state index is 0.668. The predicted molar refractivity (Wildman–Crippen MR) is 94.9 cm³/mol. The maximum absolute atomic E-state index is 4.70. The molecule has 0 bridgehead atoms. The minimum absolute atomic E-state index is 0.668. The zero-order valence-electron chi connectivity index (χ0n) is 12.8. The van der Waals surface area contributed by atoms with Gasteiger partial charge < -0.3 is 10.2 Å². The van der Waals surface area contributed by atoms with E-state index in [1.807, 2.05) is 6.07 Å². The number of nitrogens with zero attached hydrogens (tertiary/aromatic N) is 2. The van der Waals surface area contributed by atoms with Crippen molar-refractivity contribution in [1.82, 2.24) is 10.3 Å². The number of hydrogen-bond donors (Lipinski definition) is 1. The Morgan fingerprint density at radius 3 is 2.81 bits per heavy atom. The van der Waals surface area contributed by atoms with Crippen LogP contribution in [-0.2, 0) is 13.1 Å². The molecule has 1 aromatic carbocycles. The van der Waals surface area contributed by atoms with Gasteiger partial charge in [0.2, 0.25) is 0 Å². The molecule has 0 aliphatic heterocycles. The van der Waals surface area contributed by atoms with Crippen LogP contribution in [-0.4, -0.2) is 18.6 Å². The van der Waals surface area contributed by atoms with Crippen LogP contribution in [0.4, 0.5) is 5.13 Å². The Hall–Kier alpha value is -0.910. The minimum Gasteiger partial charge on any atom is -0.347 e. The molecule has 3 nitrogen and oxygen atoms in total. The average Bonchev–Trinajstić information content (AvgIpc) is 2.90. The van der Waals surface area contributed by atoms with Gasteiger partial charge in [-0.1, -0.05) is 48.0 Å². The van der Waals surface area contributed by atoms with Gasteiger partial charge in [-0.2, -0.15) is 0 Å². The summed E-state index contributed by atoms with van der Waals surface area (Å²) in [5.41, 5.74) is 2.39. The van der Waals surface area contributed by atoms with Crippen LogP contribution < -0.4 is 10.2 Å². The highest BCUT2D eigenvalue weighted by atomic mass is 79.9. The van der Waals surface area contributed by atoms with Crippen molar-refractivity contribution < 1.29 is 0 Å². The van der Waals surface area contributed by atoms with E-state index >= 15 is 0 Å². The summed E-state index contributed by atoms with van der Waals surface area (Å²) in [6, 6.07) is 8.32. The molecule has 5 heteroatoms. The van der Waals surface area contributed by atoms with E-state index in [4.69, 9.17) is 4.98 Å². The Labute approximate surface area is 139 Å². The van der Waals surface area contributed by atoms with Gasteiger partial charge in [-0.3, -0.25) is 0 Å². The van der Waals surface area contributed by atoms with E-state index in [0.29, 0.717) is 5.92 Å². The molecule has 0 saturated heterocycles. The van der Waals surface area contributed by atoms with E-state index in [9.17, 15) is 0 Å². The largest absolute Gasteiger partial charge is 0.347 e. The zero-order chi connectivity index (χ0) is 15.2. The van der Waals surface area contributed by atoms with Gasteiger partial charge in [-0.25, -0.2) is 4.98 Å². The number of thiazole rings is 1. The van der Waals surface area contributed by atoms with Crippen LogP contribution in [0.15, 0.2) is 34.1 Å². The first-order valence-corrected chi connectivity index (χ1v) is 8.83. The summed E-state index contributed by atoms with van der Waals surface area (Å²) in [4.78, 5) is 6.89. The number of aromatic nitrogens is 1. The van der Waals surface area contributed by atoms with E-state index in [2.05, 4.69) is 70.6 Å². The highest BCUT2D eigenvalue weighted by Crippen LogP contribution is 2.23. The van der Waals surface area contributed by atoms with Crippen LogP contribution >= 0.6 is 27.3 Å². The maximum Gasteiger partial charge on any atom is 0.185 e. The zero-order valence-corrected chi connectivity index (χ0v) is 15.2. The number of anilines is 1. The molecule has 0 saturated carbocycles. The second-order valence-corrected chi connectivity index (χ2v) is 7.28. The number of halogens is 1. The first kappa shape index (κ1) is 16.5. The normalized spacial score (nSPS) is 11.1. The smallest absolute Gasteiger partial charge is 0.185 e. The van der Waals surface area contributed by atoms with Gasteiger partial charge in [-0.05, 0) is 24.1 Å². The van der Waals surface area contributed by atoms with E-state index in [1.54, 1.807) is 11.3 Å². The lowest BCUT2D eigenvalue weighted by Gasteiger charge is -2.16. The second kappa shape index (κ2) is 7.92. The molecule has 0 unspecified atom stereocenters. The average molecular weight is 368 g/mol. The molecule has 0 amide bonds. The van der Waals surface area contributed by atoms with Gasteiger partial charge in [0.1, 0.15) is 0 Å². The summed E-state index contributed by atoms with van der Waals surface area (Å²) in [6.07, 6.45) is 0. The molecule has 114 valence electrons. The maximum atomic E-state index is 4.70. The fourth-order valence-corrected chi connectivity index (χ4v) is 3.19. The number of hydrogen-bond acceptors (Lipinski definition) is 4. The fourth-order valence-electron chi connectivity index (χ4n) is 1.99. The van der Waals surface area contributed by atoms with Crippen molar-refractivity contribution in [3.63, 3.8) is 0 Å². The van der Waals surface area contributed by atoms with Gasteiger partial charge in [0, 0.05) is 30.0 Å². The molecular formula is C16H22BrN3S. The lowest BCUT2D eigenvalue weighted by atomic mass is 10.2. The molecular weight excluding hydrogens is 346 g/mol. The topological polar surface area (TPSA) is 28.2 Å². The Morgan fingerprint density at radius 2 is 2.10 bits per heavy atom. The molecule has 0 aliphatic rings. The molecule has 0 spiro atoms. The Morgan fingerprint density at radius 1 is 1.33 bits per heavy atom. The van der Waals surface area contributed by atoms with Crippen LogP contribution in [0.2, 0.25) is 0 Å².